The summed E-state index contributed by atoms with van der Waals surface area (Å²) in [5, 5.41) is 6.59. The molecule has 0 bridgehead atoms. The van der Waals surface area contributed by atoms with Crippen LogP contribution < -0.4 is 10.5 Å². The van der Waals surface area contributed by atoms with Gasteiger partial charge in [-0.25, -0.2) is 4.39 Å². The van der Waals surface area contributed by atoms with Gasteiger partial charge in [0.1, 0.15) is 12.4 Å². The van der Waals surface area contributed by atoms with Gasteiger partial charge in [-0.15, -0.1) is 0 Å². The van der Waals surface area contributed by atoms with Crippen LogP contribution >= 0.6 is 11.6 Å². The maximum absolute atomic E-state index is 14.3. The number of aromatic amines is 1. The first-order valence-electron chi connectivity index (χ1n) is 6.60. The van der Waals surface area contributed by atoms with E-state index >= 15 is 0 Å². The molecule has 0 radical (unpaired) electrons. The Balaban J connectivity index is 1.86. The van der Waals surface area contributed by atoms with Gasteiger partial charge in [0.25, 0.3) is 0 Å². The van der Waals surface area contributed by atoms with E-state index in [4.69, 9.17) is 22.1 Å². The van der Waals surface area contributed by atoms with Crippen molar-refractivity contribution in [3.05, 3.63) is 65.1 Å². The smallest absolute Gasteiger partial charge is 0.174 e. The topological polar surface area (TPSA) is 63.9 Å². The fraction of sp³-hybridized carbons (Fsp3) is 0.0625. The Morgan fingerprint density at radius 1 is 1.23 bits per heavy atom. The molecule has 0 unspecified atom stereocenters. The lowest BCUT2D eigenvalue weighted by Crippen LogP contribution is -1.98. The van der Waals surface area contributed by atoms with Gasteiger partial charge in [-0.2, -0.15) is 5.10 Å². The zero-order valence-electron chi connectivity index (χ0n) is 11.5. The lowest BCUT2D eigenvalue weighted by Gasteiger charge is -2.11. The van der Waals surface area contributed by atoms with Crippen molar-refractivity contribution in [2.24, 2.45) is 0 Å². The van der Waals surface area contributed by atoms with Crippen molar-refractivity contribution in [2.75, 3.05) is 5.73 Å². The number of anilines is 1. The van der Waals surface area contributed by atoms with E-state index in [2.05, 4.69) is 10.2 Å². The molecule has 0 spiro atoms. The molecule has 0 amide bonds. The van der Waals surface area contributed by atoms with E-state index in [9.17, 15) is 4.39 Å². The minimum absolute atomic E-state index is 0.0244. The molecule has 0 aliphatic heterocycles. The summed E-state index contributed by atoms with van der Waals surface area (Å²) >= 11 is 6.13. The molecule has 0 aliphatic rings. The fourth-order valence-corrected chi connectivity index (χ4v) is 2.37. The monoisotopic (exact) mass is 317 g/mol. The molecule has 3 aromatic rings. The Morgan fingerprint density at radius 2 is 2.00 bits per heavy atom. The molecule has 0 fully saturated rings. The van der Waals surface area contributed by atoms with Crippen molar-refractivity contribution in [3.8, 4) is 16.9 Å². The number of nitrogens with one attached hydrogen (secondary N) is 1. The molecule has 1 aromatic heterocycles. The number of halogens is 2. The summed E-state index contributed by atoms with van der Waals surface area (Å²) in [7, 11) is 0. The number of rotatable bonds is 4. The first-order valence-corrected chi connectivity index (χ1v) is 6.98. The summed E-state index contributed by atoms with van der Waals surface area (Å²) in [5.41, 5.74) is 7.80. The fourth-order valence-electron chi connectivity index (χ4n) is 2.11. The van der Waals surface area contributed by atoms with Gasteiger partial charge in [0.05, 0.1) is 11.2 Å². The van der Waals surface area contributed by atoms with Crippen molar-refractivity contribution in [1.29, 1.82) is 0 Å². The van der Waals surface area contributed by atoms with Crippen molar-refractivity contribution in [1.82, 2.24) is 10.2 Å². The highest BCUT2D eigenvalue weighted by atomic mass is 35.5. The van der Waals surface area contributed by atoms with E-state index in [0.717, 1.165) is 5.56 Å². The Bertz CT molecular complexity index is 766. The van der Waals surface area contributed by atoms with Gasteiger partial charge in [-0.05, 0) is 23.3 Å². The molecule has 0 saturated heterocycles. The zero-order chi connectivity index (χ0) is 15.5. The molecular formula is C16H13ClFN3O. The molecule has 4 nitrogen and oxygen atoms in total. The summed E-state index contributed by atoms with van der Waals surface area (Å²) in [4.78, 5) is 0. The third-order valence-electron chi connectivity index (χ3n) is 3.20. The van der Waals surface area contributed by atoms with Crippen LogP contribution in [0.15, 0.2) is 48.7 Å². The average Bonchev–Trinajstić information content (AvgIpc) is 2.93. The highest BCUT2D eigenvalue weighted by Gasteiger charge is 2.14. The molecule has 0 aliphatic carbocycles. The number of nitrogen functional groups attached to an aromatic ring is 1. The van der Waals surface area contributed by atoms with Crippen molar-refractivity contribution in [2.45, 2.75) is 6.61 Å². The average molecular weight is 318 g/mol. The molecule has 6 heteroatoms. The first-order chi connectivity index (χ1) is 10.6. The molecule has 3 rings (SSSR count). The summed E-state index contributed by atoms with van der Waals surface area (Å²) in [5.74, 6) is -0.163. The largest absolute Gasteiger partial charge is 0.484 e. The number of hydrogen-bond donors (Lipinski definition) is 2. The number of nitrogens with two attached hydrogens (primary N) is 1. The van der Waals surface area contributed by atoms with E-state index < -0.39 is 5.82 Å². The number of benzene rings is 2. The molecule has 3 N–H and O–H groups in total. The zero-order valence-corrected chi connectivity index (χ0v) is 12.3. The first kappa shape index (κ1) is 14.4. The minimum atomic E-state index is -0.543. The predicted molar refractivity (Wildman–Crippen MR) is 84.2 cm³/mol. The van der Waals surface area contributed by atoms with Crippen molar-refractivity contribution >= 4 is 17.4 Å². The lowest BCUT2D eigenvalue weighted by molar-refractivity contribution is 0.290. The quantitative estimate of drug-likeness (QED) is 0.763. The second-order valence-electron chi connectivity index (χ2n) is 4.74. The van der Waals surface area contributed by atoms with Crippen LogP contribution in [0.3, 0.4) is 0 Å². The third kappa shape index (κ3) is 2.89. The van der Waals surface area contributed by atoms with Gasteiger partial charge in [0.2, 0.25) is 0 Å². The Hall–Kier alpha value is -2.53. The SMILES string of the molecule is Nc1[nH]ncc1-c1cc(F)c(OCc2ccccc2)c(Cl)c1. The normalized spacial score (nSPS) is 10.6. The second-order valence-corrected chi connectivity index (χ2v) is 5.15. The highest BCUT2D eigenvalue weighted by Crippen LogP contribution is 2.35. The number of hydrogen-bond acceptors (Lipinski definition) is 3. The Labute approximate surface area is 131 Å². The van der Waals surface area contributed by atoms with Crippen LogP contribution in [-0.4, -0.2) is 10.2 Å². The van der Waals surface area contributed by atoms with Gasteiger partial charge >= 0.3 is 0 Å². The van der Waals surface area contributed by atoms with Crippen LogP contribution in [-0.2, 0) is 6.61 Å². The standard InChI is InChI=1S/C16H13ClFN3O/c17-13-6-11(12-8-20-21-16(12)19)7-14(18)15(13)22-9-10-4-2-1-3-5-10/h1-8H,9H2,(H3,19,20,21). The lowest BCUT2D eigenvalue weighted by atomic mass is 10.1. The second kappa shape index (κ2) is 6.07. The van der Waals surface area contributed by atoms with Crippen LogP contribution in [0.25, 0.3) is 11.1 Å². The number of nitrogens with zero attached hydrogens (tertiary/aromatic N) is 1. The van der Waals surface area contributed by atoms with E-state index in [1.54, 1.807) is 6.07 Å². The van der Waals surface area contributed by atoms with Crippen LogP contribution in [0.5, 0.6) is 5.75 Å². The predicted octanol–water partition coefficient (Wildman–Crippen LogP) is 4.03. The van der Waals surface area contributed by atoms with Crippen LogP contribution in [0.2, 0.25) is 5.02 Å². The van der Waals surface area contributed by atoms with E-state index in [0.29, 0.717) is 16.9 Å². The number of H-pyrrole nitrogens is 1. The highest BCUT2D eigenvalue weighted by molar-refractivity contribution is 6.32. The van der Waals surface area contributed by atoms with Crippen LogP contribution in [0, 0.1) is 5.82 Å². The molecule has 0 saturated carbocycles. The van der Waals surface area contributed by atoms with E-state index in [1.165, 1.54) is 12.3 Å². The maximum Gasteiger partial charge on any atom is 0.174 e. The Kier molecular flexibility index (Phi) is 3.98. The number of ether oxygens (including phenoxy) is 1. The van der Waals surface area contributed by atoms with Gasteiger partial charge in [-0.3, -0.25) is 5.10 Å². The Morgan fingerprint density at radius 3 is 2.64 bits per heavy atom. The third-order valence-corrected chi connectivity index (χ3v) is 3.48. The van der Waals surface area contributed by atoms with Gasteiger partial charge < -0.3 is 10.5 Å². The molecular weight excluding hydrogens is 305 g/mol. The summed E-state index contributed by atoms with van der Waals surface area (Å²) in [6.07, 6.45) is 1.52. The van der Waals surface area contributed by atoms with Crippen LogP contribution in [0.4, 0.5) is 10.2 Å². The molecule has 1 heterocycles. The maximum atomic E-state index is 14.3. The minimum Gasteiger partial charge on any atom is -0.484 e. The summed E-state index contributed by atoms with van der Waals surface area (Å²) in [6, 6.07) is 12.4. The van der Waals surface area contributed by atoms with E-state index in [1.807, 2.05) is 30.3 Å². The van der Waals surface area contributed by atoms with Crippen molar-refractivity contribution < 1.29 is 9.13 Å². The van der Waals surface area contributed by atoms with Crippen LogP contribution in [0.1, 0.15) is 5.56 Å². The summed E-state index contributed by atoms with van der Waals surface area (Å²) < 4.78 is 19.8. The van der Waals surface area contributed by atoms with Gasteiger partial charge in [0, 0.05) is 5.56 Å². The number of aromatic nitrogens is 2. The summed E-state index contributed by atoms with van der Waals surface area (Å²) in [6.45, 7) is 0.241. The van der Waals surface area contributed by atoms with Crippen molar-refractivity contribution in [3.63, 3.8) is 0 Å². The van der Waals surface area contributed by atoms with Gasteiger partial charge in [-0.1, -0.05) is 41.9 Å². The molecule has 112 valence electrons. The van der Waals surface area contributed by atoms with Gasteiger partial charge in [0.15, 0.2) is 11.6 Å². The molecule has 22 heavy (non-hydrogen) atoms. The molecule has 2 aromatic carbocycles. The van der Waals surface area contributed by atoms with E-state index in [-0.39, 0.29) is 17.4 Å². The molecule has 0 atom stereocenters.